The van der Waals surface area contributed by atoms with E-state index in [1.165, 1.54) is 6.33 Å². The Labute approximate surface area is 124 Å². The summed E-state index contributed by atoms with van der Waals surface area (Å²) in [6, 6.07) is 7.77. The minimum atomic E-state index is -0.810. The summed E-state index contributed by atoms with van der Waals surface area (Å²) in [5, 5.41) is 6.94. The maximum atomic E-state index is 12.0. The van der Waals surface area contributed by atoms with Crippen LogP contribution >= 0.6 is 0 Å². The highest BCUT2D eigenvalue weighted by atomic mass is 16.2. The Balaban J connectivity index is 1.94. The summed E-state index contributed by atoms with van der Waals surface area (Å²) in [4.78, 5) is 15.9. The maximum Gasteiger partial charge on any atom is 0.240 e. The first kappa shape index (κ1) is 15.2. The third kappa shape index (κ3) is 3.88. The van der Waals surface area contributed by atoms with Crippen molar-refractivity contribution in [3.05, 3.63) is 42.5 Å². The predicted molar refractivity (Wildman–Crippen MR) is 80.7 cm³/mol. The van der Waals surface area contributed by atoms with Gasteiger partial charge in [0.15, 0.2) is 0 Å². The predicted octanol–water partition coefficient (Wildman–Crippen LogP) is 1.40. The average Bonchev–Trinajstić information content (AvgIpc) is 2.99. The molecule has 2 rings (SSSR count). The van der Waals surface area contributed by atoms with Gasteiger partial charge in [0.05, 0.1) is 11.2 Å². The second-order valence-corrected chi connectivity index (χ2v) is 5.36. The minimum Gasteiger partial charge on any atom is -0.350 e. The molecular formula is C15H21N5O. The number of nitrogens with two attached hydrogens (primary N) is 1. The van der Waals surface area contributed by atoms with E-state index >= 15 is 0 Å². The summed E-state index contributed by atoms with van der Waals surface area (Å²) in [6.07, 6.45) is 4.68. The van der Waals surface area contributed by atoms with Crippen molar-refractivity contribution >= 4 is 5.91 Å². The van der Waals surface area contributed by atoms with Crippen molar-refractivity contribution < 1.29 is 4.79 Å². The first-order chi connectivity index (χ1) is 10.0. The van der Waals surface area contributed by atoms with Crippen LogP contribution in [-0.4, -0.2) is 26.2 Å². The molecule has 6 heteroatoms. The van der Waals surface area contributed by atoms with Crippen LogP contribution in [0.15, 0.2) is 36.9 Å². The van der Waals surface area contributed by atoms with Gasteiger partial charge in [-0.1, -0.05) is 25.5 Å². The van der Waals surface area contributed by atoms with Crippen molar-refractivity contribution in [1.29, 1.82) is 0 Å². The van der Waals surface area contributed by atoms with Gasteiger partial charge in [-0.3, -0.25) is 4.79 Å². The van der Waals surface area contributed by atoms with Gasteiger partial charge >= 0.3 is 0 Å². The van der Waals surface area contributed by atoms with Gasteiger partial charge in [0.1, 0.15) is 12.7 Å². The summed E-state index contributed by atoms with van der Waals surface area (Å²) in [6.45, 7) is 4.24. The van der Waals surface area contributed by atoms with E-state index in [-0.39, 0.29) is 5.91 Å². The quantitative estimate of drug-likeness (QED) is 0.841. The number of aromatic nitrogens is 3. The van der Waals surface area contributed by atoms with E-state index in [4.69, 9.17) is 5.73 Å². The molecule has 1 aromatic heterocycles. The Hall–Kier alpha value is -2.21. The van der Waals surface area contributed by atoms with Gasteiger partial charge in [0.2, 0.25) is 5.91 Å². The van der Waals surface area contributed by atoms with Crippen LogP contribution in [-0.2, 0) is 11.3 Å². The molecule has 1 amide bonds. The minimum absolute atomic E-state index is 0.121. The molecule has 0 fully saturated rings. The van der Waals surface area contributed by atoms with E-state index in [0.717, 1.165) is 17.7 Å². The number of hydrogen-bond donors (Lipinski definition) is 2. The lowest BCUT2D eigenvalue weighted by molar-refractivity contribution is -0.126. The fraction of sp³-hybridized carbons (Fsp3) is 0.400. The Morgan fingerprint density at radius 3 is 2.67 bits per heavy atom. The van der Waals surface area contributed by atoms with Crippen LogP contribution in [0.2, 0.25) is 0 Å². The van der Waals surface area contributed by atoms with Crippen LogP contribution in [0.1, 0.15) is 32.3 Å². The fourth-order valence-corrected chi connectivity index (χ4v) is 2.13. The molecule has 112 valence electrons. The van der Waals surface area contributed by atoms with Gasteiger partial charge in [0, 0.05) is 6.54 Å². The summed E-state index contributed by atoms with van der Waals surface area (Å²) >= 11 is 0. The van der Waals surface area contributed by atoms with Crippen LogP contribution in [0.4, 0.5) is 0 Å². The van der Waals surface area contributed by atoms with Crippen molar-refractivity contribution in [3.8, 4) is 5.69 Å². The number of rotatable bonds is 6. The molecule has 0 saturated heterocycles. The Kier molecular flexibility index (Phi) is 4.70. The molecule has 1 unspecified atom stereocenters. The lowest BCUT2D eigenvalue weighted by Gasteiger charge is -2.22. The zero-order valence-corrected chi connectivity index (χ0v) is 12.4. The number of carbonyl (C=O) groups excluding carboxylic acids is 1. The number of carbonyl (C=O) groups is 1. The molecule has 0 radical (unpaired) electrons. The van der Waals surface area contributed by atoms with Crippen molar-refractivity contribution in [2.24, 2.45) is 5.73 Å². The van der Waals surface area contributed by atoms with E-state index < -0.39 is 5.54 Å². The smallest absolute Gasteiger partial charge is 0.240 e. The normalized spacial score (nSPS) is 13.7. The first-order valence-electron chi connectivity index (χ1n) is 7.04. The van der Waals surface area contributed by atoms with Gasteiger partial charge in [-0.2, -0.15) is 5.10 Å². The lowest BCUT2D eigenvalue weighted by atomic mass is 9.96. The van der Waals surface area contributed by atoms with E-state index in [2.05, 4.69) is 15.4 Å². The zero-order valence-electron chi connectivity index (χ0n) is 12.4. The largest absolute Gasteiger partial charge is 0.350 e. The molecule has 0 aliphatic rings. The molecule has 1 heterocycles. The first-order valence-corrected chi connectivity index (χ1v) is 7.04. The molecule has 0 aliphatic heterocycles. The van der Waals surface area contributed by atoms with Crippen molar-refractivity contribution in [2.75, 3.05) is 0 Å². The zero-order chi connectivity index (χ0) is 15.3. The van der Waals surface area contributed by atoms with E-state index in [0.29, 0.717) is 13.0 Å². The van der Waals surface area contributed by atoms with E-state index in [9.17, 15) is 4.79 Å². The maximum absolute atomic E-state index is 12.0. The third-order valence-corrected chi connectivity index (χ3v) is 3.36. The highest BCUT2D eigenvalue weighted by Gasteiger charge is 2.26. The Bertz CT molecular complexity index is 575. The second kappa shape index (κ2) is 6.49. The van der Waals surface area contributed by atoms with E-state index in [1.807, 2.05) is 31.2 Å². The summed E-state index contributed by atoms with van der Waals surface area (Å²) in [5.74, 6) is -0.121. The van der Waals surface area contributed by atoms with Crippen molar-refractivity contribution in [2.45, 2.75) is 38.8 Å². The number of nitrogens with zero attached hydrogens (tertiary/aromatic N) is 3. The lowest BCUT2D eigenvalue weighted by Crippen LogP contribution is -2.51. The fourth-order valence-electron chi connectivity index (χ4n) is 2.13. The SMILES string of the molecule is CCCC(C)(N)C(=O)NCc1ccc(-n2cncn2)cc1. The van der Waals surface area contributed by atoms with Crippen LogP contribution in [0, 0.1) is 0 Å². The molecule has 1 atom stereocenters. The van der Waals surface area contributed by atoms with Gasteiger partial charge in [-0.15, -0.1) is 0 Å². The third-order valence-electron chi connectivity index (χ3n) is 3.36. The summed E-state index contributed by atoms with van der Waals surface area (Å²) in [5.41, 5.74) is 7.12. The van der Waals surface area contributed by atoms with Gasteiger partial charge in [0.25, 0.3) is 0 Å². The molecule has 21 heavy (non-hydrogen) atoms. The molecular weight excluding hydrogens is 266 g/mol. The molecule has 1 aromatic carbocycles. The van der Waals surface area contributed by atoms with Crippen LogP contribution in [0.5, 0.6) is 0 Å². The number of hydrogen-bond acceptors (Lipinski definition) is 4. The van der Waals surface area contributed by atoms with Gasteiger partial charge < -0.3 is 11.1 Å². The number of amides is 1. The molecule has 3 N–H and O–H groups in total. The van der Waals surface area contributed by atoms with Crippen LogP contribution in [0.3, 0.4) is 0 Å². The number of nitrogens with one attached hydrogen (secondary N) is 1. The highest BCUT2D eigenvalue weighted by Crippen LogP contribution is 2.10. The van der Waals surface area contributed by atoms with Gasteiger partial charge in [-0.05, 0) is 31.0 Å². The second-order valence-electron chi connectivity index (χ2n) is 5.36. The standard InChI is InChI=1S/C15H21N5O/c1-3-8-15(2,16)14(21)18-9-12-4-6-13(7-5-12)20-11-17-10-19-20/h4-7,10-11H,3,8-9,16H2,1-2H3,(H,18,21). The number of benzene rings is 1. The Morgan fingerprint density at radius 1 is 1.38 bits per heavy atom. The molecule has 2 aromatic rings. The molecule has 6 nitrogen and oxygen atoms in total. The summed E-state index contributed by atoms with van der Waals surface area (Å²) < 4.78 is 1.68. The molecule has 0 aliphatic carbocycles. The molecule has 0 spiro atoms. The average molecular weight is 287 g/mol. The molecule has 0 saturated carbocycles. The van der Waals surface area contributed by atoms with Crippen LogP contribution in [0.25, 0.3) is 5.69 Å². The van der Waals surface area contributed by atoms with Crippen LogP contribution < -0.4 is 11.1 Å². The molecule has 0 bridgehead atoms. The monoisotopic (exact) mass is 287 g/mol. The van der Waals surface area contributed by atoms with Gasteiger partial charge in [-0.25, -0.2) is 9.67 Å². The summed E-state index contributed by atoms with van der Waals surface area (Å²) in [7, 11) is 0. The highest BCUT2D eigenvalue weighted by molar-refractivity contribution is 5.85. The van der Waals surface area contributed by atoms with Crippen molar-refractivity contribution in [3.63, 3.8) is 0 Å². The topological polar surface area (TPSA) is 85.8 Å². The Morgan fingerprint density at radius 2 is 2.10 bits per heavy atom. The van der Waals surface area contributed by atoms with Crippen molar-refractivity contribution in [1.82, 2.24) is 20.1 Å². The van der Waals surface area contributed by atoms with E-state index in [1.54, 1.807) is 17.9 Å².